The molecule has 3 atom stereocenters. The van der Waals surface area contributed by atoms with Gasteiger partial charge in [-0.05, 0) is 51.0 Å². The lowest BCUT2D eigenvalue weighted by Gasteiger charge is -2.36. The highest BCUT2D eigenvalue weighted by Gasteiger charge is 2.30. The molecule has 0 aromatic rings. The monoisotopic (exact) mass is 398 g/mol. The molecule has 29 heavy (non-hydrogen) atoms. The van der Waals surface area contributed by atoms with Gasteiger partial charge in [0, 0.05) is 58.4 Å². The molecule has 3 aliphatic heterocycles. The van der Waals surface area contributed by atoms with Crippen molar-refractivity contribution in [2.24, 2.45) is 11.8 Å². The van der Waals surface area contributed by atoms with Gasteiger partial charge in [0.15, 0.2) is 5.57 Å². The SMILES string of the molecule is CC1CCCN1CCCN1CCN(CCN2C[C@H](C)C[C@H](C)C2)C1=C(C#N)C#N. The summed E-state index contributed by atoms with van der Waals surface area (Å²) in [5, 5.41) is 19.1. The Morgan fingerprint density at radius 3 is 2.14 bits per heavy atom. The van der Waals surface area contributed by atoms with Gasteiger partial charge in [0.05, 0.1) is 0 Å². The van der Waals surface area contributed by atoms with Gasteiger partial charge in [0.1, 0.15) is 18.0 Å². The van der Waals surface area contributed by atoms with Gasteiger partial charge < -0.3 is 19.6 Å². The maximum atomic E-state index is 9.54. The Balaban J connectivity index is 1.57. The van der Waals surface area contributed by atoms with Crippen LogP contribution in [0.4, 0.5) is 0 Å². The smallest absolute Gasteiger partial charge is 0.169 e. The topological polar surface area (TPSA) is 60.5 Å². The third-order valence-electron chi connectivity index (χ3n) is 6.88. The summed E-state index contributed by atoms with van der Waals surface area (Å²) < 4.78 is 0. The minimum absolute atomic E-state index is 0.275. The maximum Gasteiger partial charge on any atom is 0.169 e. The molecule has 0 saturated carbocycles. The van der Waals surface area contributed by atoms with Crippen molar-refractivity contribution < 1.29 is 0 Å². The van der Waals surface area contributed by atoms with Crippen molar-refractivity contribution in [1.29, 1.82) is 10.5 Å². The molecular formula is C23H38N6. The summed E-state index contributed by atoms with van der Waals surface area (Å²) in [7, 11) is 0. The highest BCUT2D eigenvalue weighted by atomic mass is 15.4. The van der Waals surface area contributed by atoms with Crippen LogP contribution in [-0.4, -0.2) is 84.5 Å². The zero-order chi connectivity index (χ0) is 20.8. The first-order chi connectivity index (χ1) is 14.0. The third kappa shape index (κ3) is 5.65. The summed E-state index contributed by atoms with van der Waals surface area (Å²) in [6.45, 7) is 16.4. The maximum absolute atomic E-state index is 9.54. The Labute approximate surface area is 177 Å². The standard InChI is InChI=1S/C23H38N6/c1-19-14-20(2)18-26(17-19)10-11-29-13-12-28(23(29)22(15-24)16-25)9-5-8-27-7-4-6-21(27)3/h19-21H,4-14,17-18H2,1-3H3/t19-,20+,21?. The van der Waals surface area contributed by atoms with Crippen LogP contribution in [0.25, 0.3) is 0 Å². The van der Waals surface area contributed by atoms with Crippen molar-refractivity contribution in [2.75, 3.05) is 58.9 Å². The molecule has 0 aliphatic carbocycles. The van der Waals surface area contributed by atoms with E-state index in [1.54, 1.807) is 0 Å². The Morgan fingerprint density at radius 2 is 1.55 bits per heavy atom. The summed E-state index contributed by atoms with van der Waals surface area (Å²) in [5.41, 5.74) is 0.275. The lowest BCUT2D eigenvalue weighted by atomic mass is 9.92. The minimum atomic E-state index is 0.275. The average Bonchev–Trinajstić information content (AvgIpc) is 3.27. The molecular weight excluding hydrogens is 360 g/mol. The van der Waals surface area contributed by atoms with E-state index in [-0.39, 0.29) is 5.57 Å². The van der Waals surface area contributed by atoms with Crippen LogP contribution < -0.4 is 0 Å². The molecule has 0 amide bonds. The van der Waals surface area contributed by atoms with E-state index in [1.807, 2.05) is 0 Å². The van der Waals surface area contributed by atoms with Crippen molar-refractivity contribution in [3.8, 4) is 12.1 Å². The van der Waals surface area contributed by atoms with E-state index in [4.69, 9.17) is 0 Å². The molecule has 3 aliphatic rings. The normalized spacial score (nSPS) is 28.6. The van der Waals surface area contributed by atoms with Gasteiger partial charge >= 0.3 is 0 Å². The molecule has 3 heterocycles. The van der Waals surface area contributed by atoms with E-state index in [0.29, 0.717) is 6.04 Å². The van der Waals surface area contributed by atoms with Crippen molar-refractivity contribution in [2.45, 2.75) is 52.5 Å². The van der Waals surface area contributed by atoms with Gasteiger partial charge in [-0.15, -0.1) is 0 Å². The number of hydrogen-bond donors (Lipinski definition) is 0. The minimum Gasteiger partial charge on any atom is -0.355 e. The zero-order valence-corrected chi connectivity index (χ0v) is 18.6. The van der Waals surface area contributed by atoms with Crippen LogP contribution in [-0.2, 0) is 0 Å². The highest BCUT2D eigenvalue weighted by molar-refractivity contribution is 5.40. The molecule has 0 aromatic heterocycles. The summed E-state index contributed by atoms with van der Waals surface area (Å²) >= 11 is 0. The number of likely N-dealkylation sites (tertiary alicyclic amines) is 2. The van der Waals surface area contributed by atoms with Crippen LogP contribution >= 0.6 is 0 Å². The molecule has 3 saturated heterocycles. The molecule has 3 rings (SSSR count). The van der Waals surface area contributed by atoms with Gasteiger partial charge in [-0.1, -0.05) is 13.8 Å². The van der Waals surface area contributed by atoms with Crippen LogP contribution in [0.3, 0.4) is 0 Å². The first-order valence-corrected chi connectivity index (χ1v) is 11.5. The van der Waals surface area contributed by atoms with Crippen LogP contribution in [0.15, 0.2) is 11.4 Å². The predicted octanol–water partition coefficient (Wildman–Crippen LogP) is 2.72. The fourth-order valence-electron chi connectivity index (χ4n) is 5.56. The predicted molar refractivity (Wildman–Crippen MR) is 116 cm³/mol. The summed E-state index contributed by atoms with van der Waals surface area (Å²) in [4.78, 5) is 9.70. The van der Waals surface area contributed by atoms with Crippen LogP contribution in [0.5, 0.6) is 0 Å². The second-order valence-corrected chi connectivity index (χ2v) is 9.48. The molecule has 1 unspecified atom stereocenters. The molecule has 0 N–H and O–H groups in total. The van der Waals surface area contributed by atoms with Gasteiger partial charge in [-0.2, -0.15) is 10.5 Å². The number of nitriles is 2. The van der Waals surface area contributed by atoms with Crippen LogP contribution in [0.1, 0.15) is 46.5 Å². The molecule has 160 valence electrons. The van der Waals surface area contributed by atoms with Crippen molar-refractivity contribution >= 4 is 0 Å². The van der Waals surface area contributed by atoms with Gasteiger partial charge in [-0.25, -0.2) is 0 Å². The zero-order valence-electron chi connectivity index (χ0n) is 18.6. The number of piperidine rings is 1. The van der Waals surface area contributed by atoms with E-state index >= 15 is 0 Å². The summed E-state index contributed by atoms with van der Waals surface area (Å²) in [5.74, 6) is 2.39. The van der Waals surface area contributed by atoms with E-state index in [0.717, 1.165) is 76.4 Å². The largest absolute Gasteiger partial charge is 0.355 e. The fourth-order valence-corrected chi connectivity index (χ4v) is 5.56. The number of nitrogens with zero attached hydrogens (tertiary/aromatic N) is 6. The summed E-state index contributed by atoms with van der Waals surface area (Å²) in [6.07, 6.45) is 5.03. The van der Waals surface area contributed by atoms with Crippen molar-refractivity contribution in [3.63, 3.8) is 0 Å². The Bertz CT molecular complexity index is 633. The van der Waals surface area contributed by atoms with E-state index in [9.17, 15) is 10.5 Å². The van der Waals surface area contributed by atoms with E-state index in [2.05, 4.69) is 52.5 Å². The van der Waals surface area contributed by atoms with Gasteiger partial charge in [-0.3, -0.25) is 0 Å². The number of allylic oxidation sites excluding steroid dienone is 1. The Hall–Kier alpha value is -1.76. The first kappa shape index (κ1) is 21.9. The second kappa shape index (κ2) is 10.3. The molecule has 6 nitrogen and oxygen atoms in total. The van der Waals surface area contributed by atoms with Gasteiger partial charge in [0.2, 0.25) is 0 Å². The Kier molecular flexibility index (Phi) is 7.81. The lowest BCUT2D eigenvalue weighted by Crippen LogP contribution is -2.42. The van der Waals surface area contributed by atoms with Crippen molar-refractivity contribution in [3.05, 3.63) is 11.4 Å². The van der Waals surface area contributed by atoms with Gasteiger partial charge in [0.25, 0.3) is 0 Å². The molecule has 0 radical (unpaired) electrons. The molecule has 6 heteroatoms. The molecule has 0 bridgehead atoms. The average molecular weight is 399 g/mol. The summed E-state index contributed by atoms with van der Waals surface area (Å²) in [6, 6.07) is 5.01. The number of hydrogen-bond acceptors (Lipinski definition) is 6. The third-order valence-corrected chi connectivity index (χ3v) is 6.88. The fraction of sp³-hybridized carbons (Fsp3) is 0.826. The Morgan fingerprint density at radius 1 is 0.897 bits per heavy atom. The molecule has 0 spiro atoms. The van der Waals surface area contributed by atoms with E-state index < -0.39 is 0 Å². The highest BCUT2D eigenvalue weighted by Crippen LogP contribution is 2.25. The quantitative estimate of drug-likeness (QED) is 0.615. The van der Waals surface area contributed by atoms with Crippen LogP contribution in [0, 0.1) is 34.5 Å². The lowest BCUT2D eigenvalue weighted by molar-refractivity contribution is 0.130. The van der Waals surface area contributed by atoms with Crippen molar-refractivity contribution in [1.82, 2.24) is 19.6 Å². The number of rotatable bonds is 7. The first-order valence-electron chi connectivity index (χ1n) is 11.5. The second-order valence-electron chi connectivity index (χ2n) is 9.48. The van der Waals surface area contributed by atoms with Crippen LogP contribution in [0.2, 0.25) is 0 Å². The molecule has 3 fully saturated rings. The van der Waals surface area contributed by atoms with E-state index in [1.165, 1.54) is 25.8 Å². The molecule has 0 aromatic carbocycles.